The molecule has 126 heavy (non-hydrogen) atoms. The Bertz CT molecular complexity index is 3510. The largest absolute Gasteiger partial charge is 0.480 e. The van der Waals surface area contributed by atoms with Crippen LogP contribution in [0.15, 0.2) is 24.8 Å². The first-order valence-electron chi connectivity index (χ1n) is 42.0. The molecule has 4 aliphatic heterocycles. The molecule has 4 aliphatic rings. The smallest absolute Gasteiger partial charge is 0.320 e. The van der Waals surface area contributed by atoms with Gasteiger partial charge in [0.05, 0.1) is 208 Å². The second kappa shape index (κ2) is 56.4. The fraction of sp³-hybridized carbons (Fsp3) is 0.827. The first kappa shape index (κ1) is 104. The fourth-order valence-corrected chi connectivity index (χ4v) is 14.2. The van der Waals surface area contributed by atoms with E-state index in [1.807, 2.05) is 12.4 Å². The van der Waals surface area contributed by atoms with Crippen LogP contribution < -0.4 is 21.3 Å². The van der Waals surface area contributed by atoms with Crippen LogP contribution in [0.4, 0.5) is 0 Å². The number of nitrogens with one attached hydrogen (secondary N) is 4. The zero-order chi connectivity index (χ0) is 90.9. The quantitative estimate of drug-likeness (QED) is 0.0183. The number of carboxylic acid groups (broad SMARTS) is 1. The maximum absolute atomic E-state index is 13.6. The van der Waals surface area contributed by atoms with Crippen LogP contribution in [0.5, 0.6) is 0 Å². The third-order valence-corrected chi connectivity index (χ3v) is 20.5. The lowest BCUT2D eigenvalue weighted by molar-refractivity contribution is -0.272. The fourth-order valence-electron chi connectivity index (χ4n) is 14.2. The van der Waals surface area contributed by atoms with Crippen molar-refractivity contribution in [3.05, 3.63) is 47.6 Å². The van der Waals surface area contributed by atoms with Gasteiger partial charge in [0, 0.05) is 65.6 Å². The van der Waals surface area contributed by atoms with Crippen LogP contribution in [-0.2, 0) is 152 Å². The molecule has 0 aliphatic carbocycles. The van der Waals surface area contributed by atoms with Gasteiger partial charge in [0.15, 0.2) is 25.2 Å². The Labute approximate surface area is 725 Å². The summed E-state index contributed by atoms with van der Waals surface area (Å²) in [4.78, 5) is 62.6. The number of carboxylic acids is 1. The molecule has 716 valence electrons. The lowest BCUT2D eigenvalue weighted by Gasteiger charge is -2.42. The van der Waals surface area contributed by atoms with E-state index < -0.39 is 185 Å². The van der Waals surface area contributed by atoms with Crippen LogP contribution in [-0.4, -0.2) is 448 Å². The summed E-state index contributed by atoms with van der Waals surface area (Å²) in [5, 5.41) is 178. The van der Waals surface area contributed by atoms with Gasteiger partial charge in [0.25, 0.3) is 0 Å². The Hall–Kier alpha value is -7.25. The van der Waals surface area contributed by atoms with Gasteiger partial charge in [-0.2, -0.15) is 0 Å². The average Bonchev–Trinajstić information content (AvgIpc) is 1.01. The van der Waals surface area contributed by atoms with E-state index in [0.717, 1.165) is 0 Å². The number of unbranched alkanes of at least 4 members (excludes halogenated alkanes) is 1. The van der Waals surface area contributed by atoms with E-state index in [9.17, 15) is 90.4 Å². The van der Waals surface area contributed by atoms with Crippen molar-refractivity contribution in [1.82, 2.24) is 86.1 Å². The molecule has 51 heteroatoms. The highest BCUT2D eigenvalue weighted by Gasteiger charge is 2.49. The number of nitrogens with zero attached hydrogens (tertiary/aromatic N) is 13. The number of carbonyl (C=O) groups excluding carboxylic acids is 4. The second-order valence-corrected chi connectivity index (χ2v) is 30.3. The summed E-state index contributed by atoms with van der Waals surface area (Å²) in [6.45, 7) is 6.44. The number of aliphatic hydroxyl groups is 12. The summed E-state index contributed by atoms with van der Waals surface area (Å²) in [6.07, 6.45) is -11.2. The monoisotopic (exact) mass is 1810 g/mol. The molecule has 0 aromatic carbocycles. The minimum absolute atomic E-state index is 0.0116. The van der Waals surface area contributed by atoms with E-state index in [0.29, 0.717) is 68.0 Å². The van der Waals surface area contributed by atoms with Gasteiger partial charge in [-0.1, -0.05) is 33.7 Å². The molecular formula is C75H127N17O34. The van der Waals surface area contributed by atoms with Crippen LogP contribution in [0.2, 0.25) is 0 Å². The maximum Gasteiger partial charge on any atom is 0.320 e. The number of carbonyl (C=O) groups is 5. The van der Waals surface area contributed by atoms with Crippen LogP contribution in [0.25, 0.3) is 0 Å². The lowest BCUT2D eigenvalue weighted by atomic mass is 9.91. The molecule has 4 amide bonds. The lowest BCUT2D eigenvalue weighted by Crippen LogP contribution is -2.64. The van der Waals surface area contributed by atoms with Crippen molar-refractivity contribution >= 4 is 29.6 Å². The summed E-state index contributed by atoms with van der Waals surface area (Å²) < 4.78 is 97.5. The molecule has 0 radical (unpaired) electrons. The summed E-state index contributed by atoms with van der Waals surface area (Å²) in [7, 11) is 0. The summed E-state index contributed by atoms with van der Waals surface area (Å²) >= 11 is 0. The van der Waals surface area contributed by atoms with E-state index in [1.54, 1.807) is 36.0 Å². The number of rotatable bonds is 63. The Kier molecular flexibility index (Phi) is 46.6. The molecule has 0 saturated carbocycles. The number of aromatic nitrogens is 12. The highest BCUT2D eigenvalue weighted by Crippen LogP contribution is 2.28. The number of ether oxygens (including phenoxy) is 16. The molecule has 0 bridgehead atoms. The summed E-state index contributed by atoms with van der Waals surface area (Å²) in [6, 6.07) is -5.47. The molecule has 51 nitrogen and oxygen atoms in total. The van der Waals surface area contributed by atoms with Gasteiger partial charge in [-0.05, 0) is 31.6 Å². The van der Waals surface area contributed by atoms with Crippen LogP contribution in [0.3, 0.4) is 0 Å². The topological polar surface area (TPSA) is 670 Å². The van der Waals surface area contributed by atoms with Gasteiger partial charge in [0.2, 0.25) is 23.6 Å². The zero-order valence-corrected chi connectivity index (χ0v) is 71.2. The van der Waals surface area contributed by atoms with Crippen molar-refractivity contribution in [2.45, 2.75) is 234 Å². The minimum atomic E-state index is -1.47. The molecule has 8 rings (SSSR count). The Morgan fingerprint density at radius 3 is 0.849 bits per heavy atom. The van der Waals surface area contributed by atoms with Gasteiger partial charge in [-0.3, -0.25) is 28.9 Å². The predicted molar refractivity (Wildman–Crippen MR) is 422 cm³/mol. The first-order valence-corrected chi connectivity index (χ1v) is 42.0. The molecule has 21 unspecified atom stereocenters. The average molecular weight is 1810 g/mol. The van der Waals surface area contributed by atoms with E-state index in [4.69, 9.17) is 75.8 Å². The van der Waals surface area contributed by atoms with Crippen molar-refractivity contribution in [1.29, 1.82) is 0 Å². The van der Waals surface area contributed by atoms with E-state index in [1.165, 1.54) is 27.7 Å². The standard InChI is InChI=1S/C75H127N17O34/c1-45(97)76-59-67(105)63(101)55(41-93)123-72(59)119-29-25-115-21-17-111-13-9-89-37-50(80-84-89)33-49(34-51-38-90(85-81-51)10-14-112-18-22-116-26-30-120-73-60(77-46(2)98)68(106)64(102)56(42-94)124-73)7-5-6-8-54(71(109)110)88(35-52-39-91(86-82-52)11-15-113-19-23-117-27-31-121-74-61(78-47(3)99)69(107)65(103)57(43-95)125-74)36-53-40-92(87-83-53)12-16-114-20-24-118-28-32-122-75-62(79-48(4)100)70(108)66(104)58(44-96)126-75/h37-40,49,54-70,72-75,93-96,101-108H,5-36,41-44H2,1-4H3,(H,76,97)(H,77,98)(H,78,99)(H,79,100)(H,109,110). The number of hydrogen-bond donors (Lipinski definition) is 17. The third kappa shape index (κ3) is 34.9. The molecule has 4 saturated heterocycles. The highest BCUT2D eigenvalue weighted by atomic mass is 16.7. The Balaban J connectivity index is 0.846. The molecule has 17 N–H and O–H groups in total. The van der Waals surface area contributed by atoms with Gasteiger partial charge in [0.1, 0.15) is 103 Å². The predicted octanol–water partition coefficient (Wildman–Crippen LogP) is -9.86. The van der Waals surface area contributed by atoms with Crippen LogP contribution in [0.1, 0.15) is 76.2 Å². The molecule has 4 aromatic rings. The van der Waals surface area contributed by atoms with E-state index in [2.05, 4.69) is 62.5 Å². The highest BCUT2D eigenvalue weighted by molar-refractivity contribution is 5.75. The van der Waals surface area contributed by atoms with Gasteiger partial charge in [-0.25, -0.2) is 18.7 Å². The van der Waals surface area contributed by atoms with Gasteiger partial charge >= 0.3 is 5.97 Å². The van der Waals surface area contributed by atoms with Gasteiger partial charge < -0.3 is 163 Å². The normalized spacial score (nSPS) is 26.9. The first-order chi connectivity index (χ1) is 60.8. The van der Waals surface area contributed by atoms with Crippen molar-refractivity contribution in [2.75, 3.05) is 159 Å². The van der Waals surface area contributed by atoms with Gasteiger partial charge in [-0.15, -0.1) is 20.4 Å². The molecule has 4 aromatic heterocycles. The van der Waals surface area contributed by atoms with E-state index >= 15 is 0 Å². The molecule has 0 spiro atoms. The number of hydrogen-bond acceptors (Lipinski definition) is 42. The van der Waals surface area contributed by atoms with E-state index in [-0.39, 0.29) is 171 Å². The Morgan fingerprint density at radius 2 is 0.595 bits per heavy atom. The minimum Gasteiger partial charge on any atom is -0.480 e. The number of aliphatic carboxylic acids is 1. The molecule has 8 heterocycles. The summed E-state index contributed by atoms with van der Waals surface area (Å²) in [5.41, 5.74) is 2.25. The summed E-state index contributed by atoms with van der Waals surface area (Å²) in [5.74, 6) is -3.14. The molecule has 21 atom stereocenters. The molecule has 4 fully saturated rings. The Morgan fingerprint density at radius 1 is 0.357 bits per heavy atom. The number of amides is 4. The van der Waals surface area contributed by atoms with Crippen LogP contribution in [0, 0.1) is 5.92 Å². The zero-order valence-electron chi connectivity index (χ0n) is 71.2. The number of aliphatic hydroxyl groups excluding tert-OH is 12. The van der Waals surface area contributed by atoms with Crippen molar-refractivity contribution < 1.29 is 166 Å². The van der Waals surface area contributed by atoms with Crippen molar-refractivity contribution in [3.8, 4) is 0 Å². The second-order valence-electron chi connectivity index (χ2n) is 30.3. The van der Waals surface area contributed by atoms with Crippen molar-refractivity contribution in [2.24, 2.45) is 5.92 Å². The van der Waals surface area contributed by atoms with Crippen LogP contribution >= 0.6 is 0 Å². The molecular weight excluding hydrogens is 1680 g/mol. The SMILES string of the molecule is CC(=O)NC1C(OCCOCCOCCn2cc(CC(CCCCC(C(=O)O)N(Cc3cn(CCOCCOCCOC4OC(CO)C(O)C(O)C4NC(C)=O)nn3)Cc3cn(CCOCCOCCOC4OC(CO)C(O)C(O)C4NC(C)=O)nn3)Cc3cn(CCOCCOCCOC4OC(CO)C(O)C(O)C4NC(C)=O)nn3)nn2)OC(CO)C(O)C1O. The van der Waals surface area contributed by atoms with Crippen molar-refractivity contribution in [3.63, 3.8) is 0 Å². The maximum atomic E-state index is 13.6. The third-order valence-electron chi connectivity index (χ3n) is 20.5.